The van der Waals surface area contributed by atoms with E-state index in [2.05, 4.69) is 20.6 Å². The Bertz CT molecular complexity index is 1070. The number of nitrogens with zero attached hydrogens (tertiary/aromatic N) is 2. The summed E-state index contributed by atoms with van der Waals surface area (Å²) in [5.74, 6) is 0.194. The molecular weight excluding hydrogens is 356 g/mol. The van der Waals surface area contributed by atoms with Gasteiger partial charge < -0.3 is 15.4 Å². The lowest BCUT2D eigenvalue weighted by Gasteiger charge is -2.09. The molecule has 0 saturated heterocycles. The molecule has 7 heteroatoms. The van der Waals surface area contributed by atoms with E-state index in [1.54, 1.807) is 42.5 Å². The van der Waals surface area contributed by atoms with E-state index in [9.17, 15) is 9.59 Å². The van der Waals surface area contributed by atoms with Crippen LogP contribution in [0.5, 0.6) is 11.8 Å². The van der Waals surface area contributed by atoms with E-state index in [0.717, 1.165) is 22.6 Å². The second-order valence-electron chi connectivity index (χ2n) is 6.61. The van der Waals surface area contributed by atoms with Crippen molar-refractivity contribution >= 4 is 23.2 Å². The fourth-order valence-corrected chi connectivity index (χ4v) is 3.06. The summed E-state index contributed by atoms with van der Waals surface area (Å²) in [6, 6.07) is 14.3. The first-order valence-electron chi connectivity index (χ1n) is 8.80. The molecular formula is C21H18N4O3. The van der Waals surface area contributed by atoms with E-state index < -0.39 is 0 Å². The second kappa shape index (κ2) is 7.11. The van der Waals surface area contributed by atoms with Gasteiger partial charge >= 0.3 is 6.01 Å². The molecule has 0 radical (unpaired) electrons. The number of nitrogens with one attached hydrogen (secondary N) is 2. The van der Waals surface area contributed by atoms with Gasteiger partial charge in [0.25, 0.3) is 5.91 Å². The first-order valence-corrected chi connectivity index (χ1v) is 8.80. The molecule has 0 bridgehead atoms. The Kier molecular flexibility index (Phi) is 4.49. The number of aryl methyl sites for hydroxylation is 2. The summed E-state index contributed by atoms with van der Waals surface area (Å²) in [6.07, 6.45) is 0.287. The number of amides is 2. The van der Waals surface area contributed by atoms with E-state index in [-0.39, 0.29) is 24.2 Å². The maximum absolute atomic E-state index is 12.6. The lowest BCUT2D eigenvalue weighted by Crippen LogP contribution is -2.12. The van der Waals surface area contributed by atoms with Gasteiger partial charge in [0.1, 0.15) is 5.75 Å². The molecule has 2 heterocycles. The van der Waals surface area contributed by atoms with Crippen molar-refractivity contribution in [2.24, 2.45) is 0 Å². The Labute approximate surface area is 161 Å². The standard InChI is InChI=1S/C21H18N4O3/c1-12-8-13(2)23-21(22-12)28-17-5-3-4-16(11-17)24-20(27)14-6-7-18-15(9-14)10-19(26)25-18/h3-9,11H,10H2,1-2H3,(H,24,27)(H,25,26). The van der Waals surface area contributed by atoms with Gasteiger partial charge in [-0.2, -0.15) is 0 Å². The number of fused-ring (bicyclic) bond motifs is 1. The molecule has 2 aromatic carbocycles. The number of aromatic nitrogens is 2. The molecule has 0 atom stereocenters. The van der Waals surface area contributed by atoms with Crippen LogP contribution in [0.2, 0.25) is 0 Å². The molecule has 1 aliphatic rings. The summed E-state index contributed by atoms with van der Waals surface area (Å²) in [5.41, 5.74) is 4.28. The third-order valence-electron chi connectivity index (χ3n) is 4.26. The smallest absolute Gasteiger partial charge is 0.322 e. The van der Waals surface area contributed by atoms with Crippen LogP contribution in [-0.4, -0.2) is 21.8 Å². The predicted molar refractivity (Wildman–Crippen MR) is 105 cm³/mol. The van der Waals surface area contributed by atoms with Crippen molar-refractivity contribution in [2.75, 3.05) is 10.6 Å². The molecule has 7 nitrogen and oxygen atoms in total. The maximum Gasteiger partial charge on any atom is 0.322 e. The zero-order chi connectivity index (χ0) is 19.7. The van der Waals surface area contributed by atoms with Crippen molar-refractivity contribution < 1.29 is 14.3 Å². The van der Waals surface area contributed by atoms with Gasteiger partial charge in [-0.3, -0.25) is 9.59 Å². The van der Waals surface area contributed by atoms with Crippen molar-refractivity contribution in [3.8, 4) is 11.8 Å². The van der Waals surface area contributed by atoms with Crippen LogP contribution in [0.3, 0.4) is 0 Å². The van der Waals surface area contributed by atoms with Crippen molar-refractivity contribution in [1.82, 2.24) is 9.97 Å². The summed E-state index contributed by atoms with van der Waals surface area (Å²) >= 11 is 0. The van der Waals surface area contributed by atoms with Crippen LogP contribution in [0, 0.1) is 13.8 Å². The first-order chi connectivity index (χ1) is 13.5. The first kappa shape index (κ1) is 17.7. The molecule has 3 aromatic rings. The van der Waals surface area contributed by atoms with E-state index >= 15 is 0 Å². The van der Waals surface area contributed by atoms with Gasteiger partial charge in [0.15, 0.2) is 0 Å². The Morgan fingerprint density at radius 3 is 2.64 bits per heavy atom. The highest BCUT2D eigenvalue weighted by molar-refractivity contribution is 6.06. The van der Waals surface area contributed by atoms with Gasteiger partial charge in [-0.25, -0.2) is 9.97 Å². The Balaban J connectivity index is 1.49. The average Bonchev–Trinajstić information content (AvgIpc) is 3.00. The van der Waals surface area contributed by atoms with Crippen LogP contribution < -0.4 is 15.4 Å². The number of rotatable bonds is 4. The largest absolute Gasteiger partial charge is 0.424 e. The van der Waals surface area contributed by atoms with Gasteiger partial charge in [0, 0.05) is 34.4 Å². The molecule has 0 unspecified atom stereocenters. The molecule has 2 amide bonds. The highest BCUT2D eigenvalue weighted by atomic mass is 16.5. The van der Waals surface area contributed by atoms with Crippen molar-refractivity contribution in [1.29, 1.82) is 0 Å². The van der Waals surface area contributed by atoms with Crippen LogP contribution in [0.25, 0.3) is 0 Å². The molecule has 0 spiro atoms. The topological polar surface area (TPSA) is 93.2 Å². The van der Waals surface area contributed by atoms with Crippen LogP contribution in [0.4, 0.5) is 11.4 Å². The molecule has 28 heavy (non-hydrogen) atoms. The Hall–Kier alpha value is -3.74. The second-order valence-corrected chi connectivity index (χ2v) is 6.61. The van der Waals surface area contributed by atoms with Gasteiger partial charge in [-0.15, -0.1) is 0 Å². The number of hydrogen-bond acceptors (Lipinski definition) is 5. The quantitative estimate of drug-likeness (QED) is 0.727. The molecule has 2 N–H and O–H groups in total. The number of anilines is 2. The summed E-state index contributed by atoms with van der Waals surface area (Å²) in [4.78, 5) is 32.5. The maximum atomic E-state index is 12.6. The highest BCUT2D eigenvalue weighted by Crippen LogP contribution is 2.25. The van der Waals surface area contributed by atoms with Crippen LogP contribution in [0.1, 0.15) is 27.3 Å². The molecule has 4 rings (SSSR count). The minimum absolute atomic E-state index is 0.0639. The number of ether oxygens (including phenoxy) is 1. The third kappa shape index (κ3) is 3.83. The van der Waals surface area contributed by atoms with Crippen LogP contribution >= 0.6 is 0 Å². The normalized spacial score (nSPS) is 12.3. The summed E-state index contributed by atoms with van der Waals surface area (Å²) in [6.45, 7) is 3.75. The van der Waals surface area contributed by atoms with Crippen molar-refractivity contribution in [3.05, 3.63) is 71.0 Å². The van der Waals surface area contributed by atoms with Crippen molar-refractivity contribution in [2.45, 2.75) is 20.3 Å². The SMILES string of the molecule is Cc1cc(C)nc(Oc2cccc(NC(=O)c3ccc4c(c3)CC(=O)N4)c2)n1. The van der Waals surface area contributed by atoms with E-state index in [1.165, 1.54) is 0 Å². The lowest BCUT2D eigenvalue weighted by atomic mass is 10.1. The minimum atomic E-state index is -0.262. The molecule has 0 fully saturated rings. The lowest BCUT2D eigenvalue weighted by molar-refractivity contribution is -0.115. The van der Waals surface area contributed by atoms with E-state index in [4.69, 9.17) is 4.74 Å². The third-order valence-corrected chi connectivity index (χ3v) is 4.26. The minimum Gasteiger partial charge on any atom is -0.424 e. The molecule has 1 aliphatic heterocycles. The van der Waals surface area contributed by atoms with Crippen LogP contribution in [-0.2, 0) is 11.2 Å². The number of carbonyl (C=O) groups excluding carboxylic acids is 2. The highest BCUT2D eigenvalue weighted by Gasteiger charge is 2.19. The molecule has 140 valence electrons. The average molecular weight is 374 g/mol. The van der Waals surface area contributed by atoms with Gasteiger partial charge in [-0.05, 0) is 55.8 Å². The monoisotopic (exact) mass is 374 g/mol. The fourth-order valence-electron chi connectivity index (χ4n) is 3.06. The van der Waals surface area contributed by atoms with Gasteiger partial charge in [0.05, 0.1) is 6.42 Å². The molecule has 0 saturated carbocycles. The summed E-state index contributed by atoms with van der Waals surface area (Å²) in [5, 5.41) is 5.60. The Morgan fingerprint density at radius 1 is 1.07 bits per heavy atom. The summed E-state index contributed by atoms with van der Waals surface area (Å²) < 4.78 is 5.72. The van der Waals surface area contributed by atoms with Crippen LogP contribution in [0.15, 0.2) is 48.5 Å². The number of carbonyl (C=O) groups is 2. The van der Waals surface area contributed by atoms with E-state index in [0.29, 0.717) is 17.0 Å². The van der Waals surface area contributed by atoms with Gasteiger partial charge in [-0.1, -0.05) is 6.07 Å². The molecule has 0 aliphatic carbocycles. The zero-order valence-electron chi connectivity index (χ0n) is 15.4. The van der Waals surface area contributed by atoms with Crippen molar-refractivity contribution in [3.63, 3.8) is 0 Å². The fraction of sp³-hybridized carbons (Fsp3) is 0.143. The number of hydrogen-bond donors (Lipinski definition) is 2. The number of benzene rings is 2. The predicted octanol–water partition coefficient (Wildman–Crippen LogP) is 3.63. The molecule has 1 aromatic heterocycles. The summed E-state index contributed by atoms with van der Waals surface area (Å²) in [7, 11) is 0. The van der Waals surface area contributed by atoms with Gasteiger partial charge in [0.2, 0.25) is 5.91 Å². The van der Waals surface area contributed by atoms with E-state index in [1.807, 2.05) is 19.9 Å². The Morgan fingerprint density at radius 2 is 1.86 bits per heavy atom. The zero-order valence-corrected chi connectivity index (χ0v) is 15.4.